The monoisotopic (exact) mass is 393 g/mol. The summed E-state index contributed by atoms with van der Waals surface area (Å²) in [5.41, 5.74) is 0.625. The topological polar surface area (TPSA) is 72.3 Å². The molecule has 1 aliphatic rings. The minimum atomic E-state index is -0.360. The zero-order valence-corrected chi connectivity index (χ0v) is 16.5. The second-order valence-electron chi connectivity index (χ2n) is 6.62. The van der Waals surface area contributed by atoms with Gasteiger partial charge in [-0.1, -0.05) is 17.8 Å². The fourth-order valence-corrected chi connectivity index (χ4v) is 3.63. The van der Waals surface area contributed by atoms with Crippen LogP contribution in [0.15, 0.2) is 29.4 Å². The Hall–Kier alpha value is -2.13. The van der Waals surface area contributed by atoms with Gasteiger partial charge >= 0.3 is 0 Å². The molecule has 1 saturated heterocycles. The van der Waals surface area contributed by atoms with E-state index in [4.69, 9.17) is 4.74 Å². The lowest BCUT2D eigenvalue weighted by Gasteiger charge is -2.28. The van der Waals surface area contributed by atoms with E-state index in [1.165, 1.54) is 23.9 Å². The Morgan fingerprint density at radius 3 is 2.67 bits per heavy atom. The molecule has 0 radical (unpaired) electrons. The minimum absolute atomic E-state index is 0.0607. The van der Waals surface area contributed by atoms with Gasteiger partial charge < -0.3 is 15.0 Å². The van der Waals surface area contributed by atoms with Gasteiger partial charge in [-0.15, -0.1) is 10.2 Å². The standard InChI is InChI=1S/C18H24FN5O2S/c1-12(2)20-16(25)13(3)27-18-22-21-17(23-7-9-26-10-8-23)24(18)15-6-4-5-14(19)11-15/h4-6,11-13H,7-10H2,1-3H3,(H,20,25)/t13-/m1/s1. The third kappa shape index (κ3) is 4.78. The van der Waals surface area contributed by atoms with Gasteiger partial charge in [0.05, 0.1) is 24.2 Å². The van der Waals surface area contributed by atoms with Gasteiger partial charge in [0, 0.05) is 19.1 Å². The molecule has 2 aromatic rings. The number of ether oxygens (including phenoxy) is 1. The number of morpholine rings is 1. The third-order valence-corrected chi connectivity index (χ3v) is 5.10. The maximum atomic E-state index is 13.8. The first kappa shape index (κ1) is 19.6. The number of anilines is 1. The van der Waals surface area contributed by atoms with Crippen LogP contribution < -0.4 is 10.2 Å². The molecule has 0 aliphatic carbocycles. The first-order valence-corrected chi connectivity index (χ1v) is 9.84. The van der Waals surface area contributed by atoms with Gasteiger partial charge in [0.2, 0.25) is 11.9 Å². The lowest BCUT2D eigenvalue weighted by atomic mass is 10.3. The van der Waals surface area contributed by atoms with Crippen LogP contribution in [0, 0.1) is 5.82 Å². The highest BCUT2D eigenvalue weighted by Crippen LogP contribution is 2.30. The number of carbonyl (C=O) groups excluding carboxylic acids is 1. The summed E-state index contributed by atoms with van der Waals surface area (Å²) in [7, 11) is 0. The van der Waals surface area contributed by atoms with Gasteiger partial charge in [-0.3, -0.25) is 9.36 Å². The number of aromatic nitrogens is 3. The predicted molar refractivity (Wildman–Crippen MR) is 103 cm³/mol. The number of carbonyl (C=O) groups is 1. The Labute approximate surface area is 162 Å². The van der Waals surface area contributed by atoms with Crippen molar-refractivity contribution in [2.24, 2.45) is 0 Å². The summed E-state index contributed by atoms with van der Waals surface area (Å²) in [6, 6.07) is 6.35. The summed E-state index contributed by atoms with van der Waals surface area (Å²) in [6.45, 7) is 8.23. The van der Waals surface area contributed by atoms with Gasteiger partial charge in [-0.25, -0.2) is 4.39 Å². The lowest BCUT2D eigenvalue weighted by Crippen LogP contribution is -2.38. The molecule has 1 aromatic carbocycles. The third-order valence-electron chi connectivity index (χ3n) is 4.06. The van der Waals surface area contributed by atoms with Crippen LogP contribution in [-0.4, -0.2) is 58.3 Å². The Balaban J connectivity index is 1.93. The van der Waals surface area contributed by atoms with E-state index < -0.39 is 0 Å². The van der Waals surface area contributed by atoms with E-state index >= 15 is 0 Å². The Morgan fingerprint density at radius 2 is 2.00 bits per heavy atom. The predicted octanol–water partition coefficient (Wildman–Crippen LogP) is 2.25. The number of nitrogens with one attached hydrogen (secondary N) is 1. The van der Waals surface area contributed by atoms with E-state index in [1.807, 2.05) is 20.8 Å². The fraction of sp³-hybridized carbons (Fsp3) is 0.500. The van der Waals surface area contributed by atoms with Crippen LogP contribution in [0.1, 0.15) is 20.8 Å². The molecule has 7 nitrogen and oxygen atoms in total. The van der Waals surface area contributed by atoms with E-state index in [2.05, 4.69) is 20.4 Å². The number of amides is 1. The largest absolute Gasteiger partial charge is 0.378 e. The molecule has 1 N–H and O–H groups in total. The highest BCUT2D eigenvalue weighted by atomic mass is 32.2. The number of hydrogen-bond acceptors (Lipinski definition) is 6. The summed E-state index contributed by atoms with van der Waals surface area (Å²) < 4.78 is 21.1. The van der Waals surface area contributed by atoms with Crippen LogP contribution in [0.5, 0.6) is 0 Å². The number of thioether (sulfide) groups is 1. The van der Waals surface area contributed by atoms with Crippen molar-refractivity contribution in [3.05, 3.63) is 30.1 Å². The second kappa shape index (κ2) is 8.71. The molecular formula is C18H24FN5O2S. The number of hydrogen-bond donors (Lipinski definition) is 1. The zero-order valence-electron chi connectivity index (χ0n) is 15.7. The van der Waals surface area contributed by atoms with Crippen molar-refractivity contribution in [3.63, 3.8) is 0 Å². The fourth-order valence-electron chi connectivity index (χ4n) is 2.76. The van der Waals surface area contributed by atoms with E-state index in [9.17, 15) is 9.18 Å². The zero-order chi connectivity index (χ0) is 19.4. The Morgan fingerprint density at radius 1 is 1.26 bits per heavy atom. The van der Waals surface area contributed by atoms with Crippen molar-refractivity contribution >= 4 is 23.6 Å². The molecule has 1 atom stereocenters. The minimum Gasteiger partial charge on any atom is -0.378 e. The van der Waals surface area contributed by atoms with Crippen molar-refractivity contribution in [1.29, 1.82) is 0 Å². The van der Waals surface area contributed by atoms with E-state index in [0.29, 0.717) is 43.1 Å². The molecule has 3 rings (SSSR count). The number of rotatable bonds is 6. The highest BCUT2D eigenvalue weighted by Gasteiger charge is 2.25. The van der Waals surface area contributed by atoms with E-state index in [-0.39, 0.29) is 23.0 Å². The van der Waals surface area contributed by atoms with Gasteiger partial charge in [0.1, 0.15) is 5.82 Å². The molecule has 1 aromatic heterocycles. The smallest absolute Gasteiger partial charge is 0.233 e. The van der Waals surface area contributed by atoms with E-state index in [0.717, 1.165) is 0 Å². The van der Waals surface area contributed by atoms with Crippen molar-refractivity contribution in [3.8, 4) is 5.69 Å². The molecule has 2 heterocycles. The maximum Gasteiger partial charge on any atom is 0.233 e. The lowest BCUT2D eigenvalue weighted by molar-refractivity contribution is -0.120. The highest BCUT2D eigenvalue weighted by molar-refractivity contribution is 8.00. The average molecular weight is 393 g/mol. The van der Waals surface area contributed by atoms with Crippen molar-refractivity contribution in [2.45, 2.75) is 37.2 Å². The van der Waals surface area contributed by atoms with Crippen LogP contribution in [0.4, 0.5) is 10.3 Å². The van der Waals surface area contributed by atoms with Crippen molar-refractivity contribution in [2.75, 3.05) is 31.2 Å². The van der Waals surface area contributed by atoms with Crippen LogP contribution in [0.3, 0.4) is 0 Å². The van der Waals surface area contributed by atoms with Crippen LogP contribution in [0.2, 0.25) is 0 Å². The summed E-state index contributed by atoms with van der Waals surface area (Å²) in [6.07, 6.45) is 0. The van der Waals surface area contributed by atoms with Crippen LogP contribution >= 0.6 is 11.8 Å². The quantitative estimate of drug-likeness (QED) is 0.759. The Bertz CT molecular complexity index is 792. The van der Waals surface area contributed by atoms with Gasteiger partial charge in [-0.05, 0) is 39.0 Å². The summed E-state index contributed by atoms with van der Waals surface area (Å²) in [5, 5.41) is 11.7. The molecule has 1 aliphatic heterocycles. The molecule has 1 amide bonds. The Kier molecular flexibility index (Phi) is 6.33. The van der Waals surface area contributed by atoms with Crippen molar-refractivity contribution < 1.29 is 13.9 Å². The molecule has 9 heteroatoms. The molecule has 27 heavy (non-hydrogen) atoms. The summed E-state index contributed by atoms with van der Waals surface area (Å²) in [4.78, 5) is 14.4. The van der Waals surface area contributed by atoms with Crippen LogP contribution in [-0.2, 0) is 9.53 Å². The molecular weight excluding hydrogens is 369 g/mol. The summed E-state index contributed by atoms with van der Waals surface area (Å²) in [5.74, 6) is 0.218. The molecule has 0 spiro atoms. The molecule has 0 unspecified atom stereocenters. The van der Waals surface area contributed by atoms with Gasteiger partial charge in [0.15, 0.2) is 5.16 Å². The van der Waals surface area contributed by atoms with E-state index in [1.54, 1.807) is 16.7 Å². The first-order valence-electron chi connectivity index (χ1n) is 8.97. The SMILES string of the molecule is CC(C)NC(=O)[C@@H](C)Sc1nnc(N2CCOCC2)n1-c1cccc(F)c1. The first-order chi connectivity index (χ1) is 13.0. The molecule has 146 valence electrons. The summed E-state index contributed by atoms with van der Waals surface area (Å²) >= 11 is 1.30. The maximum absolute atomic E-state index is 13.8. The molecule has 0 bridgehead atoms. The average Bonchev–Trinajstić information content (AvgIpc) is 3.05. The molecule has 1 fully saturated rings. The van der Waals surface area contributed by atoms with Gasteiger partial charge in [-0.2, -0.15) is 0 Å². The number of halogens is 1. The number of benzene rings is 1. The molecule has 0 saturated carbocycles. The second-order valence-corrected chi connectivity index (χ2v) is 7.93. The van der Waals surface area contributed by atoms with Crippen molar-refractivity contribution in [1.82, 2.24) is 20.1 Å². The van der Waals surface area contributed by atoms with Crippen LogP contribution in [0.25, 0.3) is 5.69 Å². The van der Waals surface area contributed by atoms with Gasteiger partial charge in [0.25, 0.3) is 0 Å². The number of nitrogens with zero attached hydrogens (tertiary/aromatic N) is 4. The normalized spacial score (nSPS) is 15.8.